The molecule has 7 heteroatoms. The Balaban J connectivity index is 1.53. The zero-order valence-corrected chi connectivity index (χ0v) is 20.0. The summed E-state index contributed by atoms with van der Waals surface area (Å²) >= 11 is 3.15. The molecule has 0 aliphatic carbocycles. The van der Waals surface area contributed by atoms with Crippen molar-refractivity contribution in [1.29, 1.82) is 0 Å². The van der Waals surface area contributed by atoms with E-state index < -0.39 is 0 Å². The fraction of sp³-hybridized carbons (Fsp3) is 0.360. The van der Waals surface area contributed by atoms with Gasteiger partial charge in [0.1, 0.15) is 18.9 Å². The smallest absolute Gasteiger partial charge is 0.264 e. The van der Waals surface area contributed by atoms with Crippen LogP contribution < -0.4 is 4.74 Å². The molecule has 3 aromatic rings. The summed E-state index contributed by atoms with van der Waals surface area (Å²) in [6, 6.07) is 15.3. The number of fused-ring (bicyclic) bond motifs is 1. The van der Waals surface area contributed by atoms with Gasteiger partial charge in [-0.3, -0.25) is 9.59 Å². The topological polar surface area (TPSA) is 49.9 Å². The predicted octanol–water partition coefficient (Wildman–Crippen LogP) is 5.26. The Hall–Kier alpha value is -2.64. The number of benzene rings is 1. The highest BCUT2D eigenvalue weighted by molar-refractivity contribution is 7.12. The Morgan fingerprint density at radius 1 is 1.12 bits per heavy atom. The fourth-order valence-electron chi connectivity index (χ4n) is 3.99. The quantitative estimate of drug-likeness (QED) is 0.453. The van der Waals surface area contributed by atoms with Crippen LogP contribution in [0.25, 0.3) is 0 Å². The third kappa shape index (κ3) is 4.89. The van der Waals surface area contributed by atoms with Crippen molar-refractivity contribution in [3.05, 3.63) is 74.6 Å². The van der Waals surface area contributed by atoms with E-state index in [4.69, 9.17) is 4.74 Å². The maximum absolute atomic E-state index is 13.5. The lowest BCUT2D eigenvalue weighted by Crippen LogP contribution is -2.49. The number of para-hydroxylation sites is 1. The molecule has 3 heterocycles. The van der Waals surface area contributed by atoms with Gasteiger partial charge in [-0.2, -0.15) is 0 Å². The Morgan fingerprint density at radius 2 is 1.94 bits per heavy atom. The van der Waals surface area contributed by atoms with Gasteiger partial charge < -0.3 is 14.5 Å². The molecular weight excluding hydrogens is 440 g/mol. The predicted molar refractivity (Wildman–Crippen MR) is 130 cm³/mol. The van der Waals surface area contributed by atoms with Crippen LogP contribution in [0.5, 0.6) is 5.75 Å². The van der Waals surface area contributed by atoms with Gasteiger partial charge in [0.2, 0.25) is 5.91 Å². The van der Waals surface area contributed by atoms with E-state index in [-0.39, 0.29) is 30.4 Å². The number of carbonyl (C=O) groups excluding carboxylic acids is 2. The number of hydrogen-bond acceptors (Lipinski definition) is 5. The summed E-state index contributed by atoms with van der Waals surface area (Å²) < 4.78 is 6.06. The lowest BCUT2D eigenvalue weighted by molar-refractivity contribution is -0.136. The molecule has 32 heavy (non-hydrogen) atoms. The SMILES string of the molecule is CC[C@H](C)N(CC(=O)N1CCc2sccc2[C@@H]1COc1ccccc1)C(=O)c1cccs1. The first kappa shape index (κ1) is 22.6. The molecule has 0 saturated carbocycles. The zero-order valence-electron chi connectivity index (χ0n) is 18.4. The van der Waals surface area contributed by atoms with Gasteiger partial charge in [0, 0.05) is 17.5 Å². The van der Waals surface area contributed by atoms with Gasteiger partial charge >= 0.3 is 0 Å². The van der Waals surface area contributed by atoms with Crippen molar-refractivity contribution in [2.24, 2.45) is 0 Å². The van der Waals surface area contributed by atoms with Gasteiger partial charge in [-0.1, -0.05) is 31.2 Å². The van der Waals surface area contributed by atoms with E-state index in [0.29, 0.717) is 18.0 Å². The van der Waals surface area contributed by atoms with E-state index in [1.165, 1.54) is 16.2 Å². The number of thiophene rings is 2. The van der Waals surface area contributed by atoms with Crippen LogP contribution in [0, 0.1) is 0 Å². The van der Waals surface area contributed by atoms with Crippen molar-refractivity contribution >= 4 is 34.5 Å². The van der Waals surface area contributed by atoms with Crippen molar-refractivity contribution in [2.75, 3.05) is 19.7 Å². The second-order valence-electron chi connectivity index (χ2n) is 7.94. The first-order chi connectivity index (χ1) is 15.6. The minimum Gasteiger partial charge on any atom is -0.491 e. The van der Waals surface area contributed by atoms with E-state index >= 15 is 0 Å². The monoisotopic (exact) mass is 468 g/mol. The summed E-state index contributed by atoms with van der Waals surface area (Å²) in [5.41, 5.74) is 1.16. The highest BCUT2D eigenvalue weighted by Gasteiger charge is 2.34. The molecule has 2 aromatic heterocycles. The molecule has 2 amide bonds. The molecule has 0 N–H and O–H groups in total. The summed E-state index contributed by atoms with van der Waals surface area (Å²) in [6.07, 6.45) is 1.63. The number of hydrogen-bond donors (Lipinski definition) is 0. The molecule has 0 fully saturated rings. The summed E-state index contributed by atoms with van der Waals surface area (Å²) in [6.45, 7) is 5.15. The Bertz CT molecular complexity index is 1030. The van der Waals surface area contributed by atoms with Crippen LogP contribution in [0.4, 0.5) is 0 Å². The molecule has 1 aromatic carbocycles. The van der Waals surface area contributed by atoms with Gasteiger partial charge in [-0.25, -0.2) is 0 Å². The van der Waals surface area contributed by atoms with Crippen LogP contribution in [0.3, 0.4) is 0 Å². The lowest BCUT2D eigenvalue weighted by Gasteiger charge is -2.38. The normalized spacial score (nSPS) is 16.3. The number of rotatable bonds is 8. The van der Waals surface area contributed by atoms with Crippen molar-refractivity contribution in [1.82, 2.24) is 9.80 Å². The summed E-state index contributed by atoms with van der Waals surface area (Å²) in [5.74, 6) is 0.679. The van der Waals surface area contributed by atoms with Crippen LogP contribution in [0.1, 0.15) is 46.4 Å². The maximum Gasteiger partial charge on any atom is 0.264 e. The molecule has 1 aliphatic rings. The molecule has 0 spiro atoms. The molecule has 0 bridgehead atoms. The Kier molecular flexibility index (Phi) is 7.27. The van der Waals surface area contributed by atoms with Gasteiger partial charge in [0.25, 0.3) is 5.91 Å². The third-order valence-electron chi connectivity index (χ3n) is 5.99. The second-order valence-corrected chi connectivity index (χ2v) is 9.89. The van der Waals surface area contributed by atoms with Crippen LogP contribution in [-0.4, -0.2) is 47.4 Å². The minimum absolute atomic E-state index is 0.0194. The standard InChI is InChI=1S/C25H28N2O3S2/c1-3-18(2)27(25(29)23-10-7-14-31-23)16-24(28)26-13-11-22-20(12-15-32-22)21(26)17-30-19-8-5-4-6-9-19/h4-10,12,14-15,18,21H,3,11,13,16-17H2,1-2H3/t18-,21-/m0/s1. The van der Waals surface area contributed by atoms with E-state index in [1.54, 1.807) is 16.2 Å². The molecule has 0 saturated heterocycles. The van der Waals surface area contributed by atoms with Crippen molar-refractivity contribution in [3.63, 3.8) is 0 Å². The third-order valence-corrected chi connectivity index (χ3v) is 7.84. The van der Waals surface area contributed by atoms with Gasteiger partial charge in [-0.15, -0.1) is 22.7 Å². The minimum atomic E-state index is -0.159. The molecule has 4 rings (SSSR count). The van der Waals surface area contributed by atoms with E-state index in [0.717, 1.165) is 24.2 Å². The molecule has 5 nitrogen and oxygen atoms in total. The first-order valence-electron chi connectivity index (χ1n) is 11.0. The van der Waals surface area contributed by atoms with Crippen molar-refractivity contribution < 1.29 is 14.3 Å². The van der Waals surface area contributed by atoms with Crippen molar-refractivity contribution in [2.45, 2.75) is 38.8 Å². The number of ether oxygens (including phenoxy) is 1. The number of amides is 2. The number of nitrogens with zero attached hydrogens (tertiary/aromatic N) is 2. The largest absolute Gasteiger partial charge is 0.491 e. The fourth-order valence-corrected chi connectivity index (χ4v) is 5.60. The molecule has 2 atom stereocenters. The average Bonchev–Trinajstić information content (AvgIpc) is 3.53. The lowest BCUT2D eigenvalue weighted by atomic mass is 10.00. The van der Waals surface area contributed by atoms with Crippen LogP contribution in [0.2, 0.25) is 0 Å². The summed E-state index contributed by atoms with van der Waals surface area (Å²) in [7, 11) is 0. The Morgan fingerprint density at radius 3 is 2.66 bits per heavy atom. The average molecular weight is 469 g/mol. The van der Waals surface area contributed by atoms with Gasteiger partial charge in [-0.05, 0) is 60.4 Å². The van der Waals surface area contributed by atoms with Crippen LogP contribution in [0.15, 0.2) is 59.3 Å². The molecule has 168 valence electrons. The van der Waals surface area contributed by atoms with Crippen molar-refractivity contribution in [3.8, 4) is 5.75 Å². The molecular formula is C25H28N2O3S2. The van der Waals surface area contributed by atoms with E-state index in [2.05, 4.69) is 11.4 Å². The summed E-state index contributed by atoms with van der Waals surface area (Å²) in [4.78, 5) is 32.2. The van der Waals surface area contributed by atoms with E-state index in [1.807, 2.05) is 66.6 Å². The first-order valence-corrected chi connectivity index (χ1v) is 12.7. The number of carbonyl (C=O) groups is 2. The summed E-state index contributed by atoms with van der Waals surface area (Å²) in [5, 5.41) is 3.98. The maximum atomic E-state index is 13.5. The molecule has 0 unspecified atom stereocenters. The van der Waals surface area contributed by atoms with E-state index in [9.17, 15) is 9.59 Å². The van der Waals surface area contributed by atoms with Gasteiger partial charge in [0.05, 0.1) is 10.9 Å². The zero-order chi connectivity index (χ0) is 22.5. The van der Waals surface area contributed by atoms with Crippen LogP contribution in [-0.2, 0) is 11.2 Å². The van der Waals surface area contributed by atoms with Crippen LogP contribution >= 0.6 is 22.7 Å². The molecule has 0 radical (unpaired) electrons. The van der Waals surface area contributed by atoms with Gasteiger partial charge in [0.15, 0.2) is 0 Å². The Labute approximate surface area is 197 Å². The second kappa shape index (κ2) is 10.3. The highest BCUT2D eigenvalue weighted by atomic mass is 32.1. The highest BCUT2D eigenvalue weighted by Crippen LogP contribution is 2.34. The molecule has 1 aliphatic heterocycles.